The lowest BCUT2D eigenvalue weighted by atomic mass is 10.0. The minimum Gasteiger partial charge on any atom is -0.395 e. The lowest BCUT2D eigenvalue weighted by Crippen LogP contribution is -2.41. The van der Waals surface area contributed by atoms with Crippen LogP contribution >= 0.6 is 11.5 Å². The van der Waals surface area contributed by atoms with Gasteiger partial charge in [0.05, 0.1) is 6.61 Å². The molecule has 1 aliphatic heterocycles. The van der Waals surface area contributed by atoms with Gasteiger partial charge in [0.1, 0.15) is 10.7 Å². The zero-order valence-electron chi connectivity index (χ0n) is 8.59. The van der Waals surface area contributed by atoms with Crippen LogP contribution in [0.1, 0.15) is 25.0 Å². The molecule has 1 aromatic rings. The Morgan fingerprint density at radius 1 is 1.53 bits per heavy atom. The average molecular weight is 228 g/mol. The SMILES string of the molecule is Nc1snnc1CN1CCCCC1CO. The molecule has 0 saturated carbocycles. The summed E-state index contributed by atoms with van der Waals surface area (Å²) in [6, 6.07) is 0.264. The molecule has 1 unspecified atom stereocenters. The van der Waals surface area contributed by atoms with Crippen LogP contribution in [0.25, 0.3) is 0 Å². The number of nitrogens with two attached hydrogens (primary N) is 1. The highest BCUT2D eigenvalue weighted by atomic mass is 32.1. The molecule has 0 spiro atoms. The fourth-order valence-corrected chi connectivity index (χ4v) is 2.43. The number of aliphatic hydroxyl groups excluding tert-OH is 1. The number of anilines is 1. The highest BCUT2D eigenvalue weighted by Gasteiger charge is 2.23. The first-order valence-corrected chi connectivity index (χ1v) is 6.00. The van der Waals surface area contributed by atoms with Gasteiger partial charge >= 0.3 is 0 Å². The normalized spacial score (nSPS) is 23.1. The molecule has 15 heavy (non-hydrogen) atoms. The Labute approximate surface area is 93.1 Å². The molecule has 0 amide bonds. The van der Waals surface area contributed by atoms with Crippen molar-refractivity contribution in [1.82, 2.24) is 14.5 Å². The molecular formula is C9H16N4OS. The van der Waals surface area contributed by atoms with Crippen molar-refractivity contribution in [3.63, 3.8) is 0 Å². The summed E-state index contributed by atoms with van der Waals surface area (Å²) in [5.41, 5.74) is 6.60. The Hall–Kier alpha value is -0.720. The molecule has 2 rings (SSSR count). The molecular weight excluding hydrogens is 212 g/mol. The molecule has 6 heteroatoms. The molecule has 3 N–H and O–H groups in total. The first-order valence-electron chi connectivity index (χ1n) is 5.23. The molecule has 0 radical (unpaired) electrons. The van der Waals surface area contributed by atoms with Crippen molar-refractivity contribution < 1.29 is 5.11 Å². The Kier molecular flexibility index (Phi) is 3.50. The van der Waals surface area contributed by atoms with Crippen molar-refractivity contribution in [1.29, 1.82) is 0 Å². The van der Waals surface area contributed by atoms with Gasteiger partial charge in [-0.3, -0.25) is 4.90 Å². The third-order valence-corrected chi connectivity index (χ3v) is 3.49. The van der Waals surface area contributed by atoms with E-state index in [0.29, 0.717) is 11.5 Å². The summed E-state index contributed by atoms with van der Waals surface area (Å²) in [7, 11) is 0. The van der Waals surface area contributed by atoms with Crippen LogP contribution in [0.4, 0.5) is 5.00 Å². The maximum Gasteiger partial charge on any atom is 0.132 e. The molecule has 1 aromatic heterocycles. The number of nitrogen functional groups attached to an aromatic ring is 1. The standard InChI is InChI=1S/C9H16N4OS/c10-9-8(11-12-15-9)5-13-4-2-1-3-7(13)6-14/h7,14H,1-6,10H2. The molecule has 1 aliphatic rings. The topological polar surface area (TPSA) is 75.3 Å². The molecule has 1 fully saturated rings. The molecule has 5 nitrogen and oxygen atoms in total. The second-order valence-electron chi connectivity index (χ2n) is 3.89. The minimum absolute atomic E-state index is 0.220. The summed E-state index contributed by atoms with van der Waals surface area (Å²) in [5.74, 6) is 0. The number of aliphatic hydroxyl groups is 1. The van der Waals surface area contributed by atoms with E-state index in [1.165, 1.54) is 24.4 Å². The molecule has 1 saturated heterocycles. The largest absolute Gasteiger partial charge is 0.395 e. The van der Waals surface area contributed by atoms with Gasteiger partial charge in [-0.1, -0.05) is 10.9 Å². The van der Waals surface area contributed by atoms with E-state index in [4.69, 9.17) is 5.73 Å². The van der Waals surface area contributed by atoms with Crippen molar-refractivity contribution in [2.24, 2.45) is 0 Å². The van der Waals surface area contributed by atoms with E-state index in [2.05, 4.69) is 14.5 Å². The monoisotopic (exact) mass is 228 g/mol. The Bertz CT molecular complexity index is 317. The summed E-state index contributed by atoms with van der Waals surface area (Å²) in [5, 5.41) is 13.9. The Morgan fingerprint density at radius 3 is 3.07 bits per heavy atom. The van der Waals surface area contributed by atoms with Gasteiger partial charge in [0.15, 0.2) is 0 Å². The van der Waals surface area contributed by atoms with Gasteiger partial charge in [-0.05, 0) is 19.4 Å². The minimum atomic E-state index is 0.220. The van der Waals surface area contributed by atoms with Crippen LogP contribution in [0.5, 0.6) is 0 Å². The maximum atomic E-state index is 9.25. The van der Waals surface area contributed by atoms with Crippen molar-refractivity contribution in [2.75, 3.05) is 18.9 Å². The van der Waals surface area contributed by atoms with Gasteiger partial charge < -0.3 is 10.8 Å². The van der Waals surface area contributed by atoms with E-state index in [-0.39, 0.29) is 12.6 Å². The van der Waals surface area contributed by atoms with Gasteiger partial charge in [0.2, 0.25) is 0 Å². The summed E-state index contributed by atoms with van der Waals surface area (Å²) in [6.07, 6.45) is 3.45. The van der Waals surface area contributed by atoms with E-state index in [9.17, 15) is 5.11 Å². The summed E-state index contributed by atoms with van der Waals surface area (Å²) in [4.78, 5) is 2.25. The van der Waals surface area contributed by atoms with E-state index in [1.54, 1.807) is 0 Å². The number of hydrogen-bond donors (Lipinski definition) is 2. The van der Waals surface area contributed by atoms with Crippen LogP contribution in [-0.2, 0) is 6.54 Å². The van der Waals surface area contributed by atoms with Crippen LogP contribution in [0.2, 0.25) is 0 Å². The molecule has 1 atom stereocenters. The fraction of sp³-hybridized carbons (Fsp3) is 0.778. The first kappa shape index (κ1) is 10.8. The molecule has 0 aliphatic carbocycles. The van der Waals surface area contributed by atoms with E-state index in [1.807, 2.05) is 0 Å². The van der Waals surface area contributed by atoms with Crippen LogP contribution in [0.3, 0.4) is 0 Å². The number of likely N-dealkylation sites (tertiary alicyclic amines) is 1. The van der Waals surface area contributed by atoms with Gasteiger partial charge in [0.25, 0.3) is 0 Å². The number of aromatic nitrogens is 2. The lowest BCUT2D eigenvalue weighted by molar-refractivity contribution is 0.0832. The van der Waals surface area contributed by atoms with Crippen molar-refractivity contribution in [3.8, 4) is 0 Å². The number of piperidine rings is 1. The number of nitrogens with zero attached hydrogens (tertiary/aromatic N) is 3. The molecule has 84 valence electrons. The van der Waals surface area contributed by atoms with Crippen LogP contribution in [0, 0.1) is 0 Å². The predicted octanol–water partition coefficient (Wildman–Crippen LogP) is 0.467. The average Bonchev–Trinajstić information content (AvgIpc) is 2.65. The first-order chi connectivity index (χ1) is 7.31. The molecule has 0 aromatic carbocycles. The zero-order valence-corrected chi connectivity index (χ0v) is 9.41. The van der Waals surface area contributed by atoms with Gasteiger partial charge in [0, 0.05) is 24.1 Å². The van der Waals surface area contributed by atoms with Gasteiger partial charge in [-0.25, -0.2) is 0 Å². The van der Waals surface area contributed by atoms with Gasteiger partial charge in [-0.2, -0.15) is 0 Å². The third kappa shape index (κ3) is 2.45. The zero-order chi connectivity index (χ0) is 10.7. The predicted molar refractivity (Wildman–Crippen MR) is 59.5 cm³/mol. The quantitative estimate of drug-likeness (QED) is 0.786. The second-order valence-corrected chi connectivity index (χ2v) is 4.67. The van der Waals surface area contributed by atoms with Crippen LogP contribution < -0.4 is 5.73 Å². The summed E-state index contributed by atoms with van der Waals surface area (Å²) in [6.45, 7) is 1.95. The molecule has 2 heterocycles. The number of rotatable bonds is 3. The van der Waals surface area contributed by atoms with E-state index in [0.717, 1.165) is 18.7 Å². The lowest BCUT2D eigenvalue weighted by Gasteiger charge is -2.33. The smallest absolute Gasteiger partial charge is 0.132 e. The van der Waals surface area contributed by atoms with Crippen LogP contribution in [0.15, 0.2) is 0 Å². The van der Waals surface area contributed by atoms with Gasteiger partial charge in [-0.15, -0.1) is 5.10 Å². The maximum absolute atomic E-state index is 9.25. The van der Waals surface area contributed by atoms with Crippen LogP contribution in [-0.4, -0.2) is 38.8 Å². The number of hydrogen-bond acceptors (Lipinski definition) is 6. The summed E-state index contributed by atoms with van der Waals surface area (Å²) >= 11 is 1.23. The van der Waals surface area contributed by atoms with E-state index < -0.39 is 0 Å². The highest BCUT2D eigenvalue weighted by Crippen LogP contribution is 2.21. The third-order valence-electron chi connectivity index (χ3n) is 2.90. The highest BCUT2D eigenvalue weighted by molar-refractivity contribution is 7.09. The fourth-order valence-electron chi connectivity index (χ4n) is 1.99. The Morgan fingerprint density at radius 2 is 2.40 bits per heavy atom. The second kappa shape index (κ2) is 4.87. The van der Waals surface area contributed by atoms with Crippen molar-refractivity contribution in [2.45, 2.75) is 31.8 Å². The van der Waals surface area contributed by atoms with Crippen molar-refractivity contribution in [3.05, 3.63) is 5.69 Å². The molecule has 0 bridgehead atoms. The summed E-state index contributed by atoms with van der Waals surface area (Å²) < 4.78 is 3.82. The Balaban J connectivity index is 2.00. The van der Waals surface area contributed by atoms with Crippen molar-refractivity contribution >= 4 is 16.5 Å². The van der Waals surface area contributed by atoms with E-state index >= 15 is 0 Å².